The molecule has 1 atom stereocenters. The van der Waals surface area contributed by atoms with Crippen LogP contribution in [0.2, 0.25) is 0 Å². The van der Waals surface area contributed by atoms with E-state index in [1.54, 1.807) is 6.92 Å². The summed E-state index contributed by atoms with van der Waals surface area (Å²) in [6.45, 7) is 7.40. The number of rotatable bonds is 4. The van der Waals surface area contributed by atoms with Crippen molar-refractivity contribution >= 4 is 5.78 Å². The van der Waals surface area contributed by atoms with Crippen LogP contribution < -0.4 is 0 Å². The lowest BCUT2D eigenvalue weighted by Crippen LogP contribution is -2.35. The SMILES string of the molecule is CC(=O)CC[C@H]1CCCN1C(C)C. The summed E-state index contributed by atoms with van der Waals surface area (Å²) >= 11 is 0. The van der Waals surface area contributed by atoms with Gasteiger partial charge < -0.3 is 4.79 Å². The molecule has 0 N–H and O–H groups in total. The Bertz CT molecular complexity index is 177. The molecule has 13 heavy (non-hydrogen) atoms. The van der Waals surface area contributed by atoms with E-state index >= 15 is 0 Å². The molecule has 0 aromatic carbocycles. The summed E-state index contributed by atoms with van der Waals surface area (Å²) in [4.78, 5) is 13.4. The Morgan fingerprint density at radius 3 is 2.77 bits per heavy atom. The first-order valence-corrected chi connectivity index (χ1v) is 5.36. The molecule has 0 saturated carbocycles. The van der Waals surface area contributed by atoms with Crippen LogP contribution >= 0.6 is 0 Å². The van der Waals surface area contributed by atoms with E-state index in [1.165, 1.54) is 19.4 Å². The molecule has 0 spiro atoms. The zero-order valence-corrected chi connectivity index (χ0v) is 9.05. The molecule has 0 aromatic heterocycles. The van der Waals surface area contributed by atoms with Crippen LogP contribution in [-0.4, -0.2) is 29.3 Å². The first-order valence-electron chi connectivity index (χ1n) is 5.36. The number of hydrogen-bond acceptors (Lipinski definition) is 2. The van der Waals surface area contributed by atoms with Crippen LogP contribution in [-0.2, 0) is 4.79 Å². The Hall–Kier alpha value is -0.370. The average molecular weight is 183 g/mol. The number of carbonyl (C=O) groups excluding carboxylic acids is 1. The summed E-state index contributed by atoms with van der Waals surface area (Å²) in [6.07, 6.45) is 4.41. The smallest absolute Gasteiger partial charge is 0.129 e. The molecule has 2 nitrogen and oxygen atoms in total. The van der Waals surface area contributed by atoms with Gasteiger partial charge in [-0.15, -0.1) is 0 Å². The molecule has 0 unspecified atom stereocenters. The summed E-state index contributed by atoms with van der Waals surface area (Å²) in [7, 11) is 0. The molecule has 1 saturated heterocycles. The second-order valence-electron chi connectivity index (χ2n) is 4.37. The molecule has 1 rings (SSSR count). The quantitative estimate of drug-likeness (QED) is 0.666. The molecular weight excluding hydrogens is 162 g/mol. The number of carbonyl (C=O) groups is 1. The fourth-order valence-corrected chi connectivity index (χ4v) is 2.22. The fourth-order valence-electron chi connectivity index (χ4n) is 2.22. The van der Waals surface area contributed by atoms with Gasteiger partial charge in [-0.3, -0.25) is 4.90 Å². The first kappa shape index (κ1) is 10.7. The van der Waals surface area contributed by atoms with Crippen LogP contribution in [0.5, 0.6) is 0 Å². The maximum absolute atomic E-state index is 10.9. The van der Waals surface area contributed by atoms with Crippen molar-refractivity contribution in [3.05, 3.63) is 0 Å². The molecule has 0 bridgehead atoms. The van der Waals surface area contributed by atoms with Crippen molar-refractivity contribution in [3.8, 4) is 0 Å². The topological polar surface area (TPSA) is 20.3 Å². The van der Waals surface area contributed by atoms with Crippen LogP contribution in [0.15, 0.2) is 0 Å². The van der Waals surface area contributed by atoms with Crippen molar-refractivity contribution < 1.29 is 4.79 Å². The van der Waals surface area contributed by atoms with Gasteiger partial charge in [-0.2, -0.15) is 0 Å². The van der Waals surface area contributed by atoms with Gasteiger partial charge in [0.05, 0.1) is 0 Å². The fraction of sp³-hybridized carbons (Fsp3) is 0.909. The van der Waals surface area contributed by atoms with Crippen molar-refractivity contribution in [1.82, 2.24) is 4.90 Å². The number of hydrogen-bond donors (Lipinski definition) is 0. The van der Waals surface area contributed by atoms with E-state index in [0.717, 1.165) is 12.8 Å². The molecule has 1 fully saturated rings. The summed E-state index contributed by atoms with van der Waals surface area (Å²) in [5.41, 5.74) is 0. The third kappa shape index (κ3) is 3.11. The monoisotopic (exact) mass is 183 g/mol. The normalized spacial score (nSPS) is 24.2. The second-order valence-corrected chi connectivity index (χ2v) is 4.37. The van der Waals surface area contributed by atoms with Crippen LogP contribution in [0.1, 0.15) is 46.5 Å². The van der Waals surface area contributed by atoms with Crippen LogP contribution in [0, 0.1) is 0 Å². The van der Waals surface area contributed by atoms with E-state index in [2.05, 4.69) is 18.7 Å². The Balaban J connectivity index is 2.35. The third-order valence-corrected chi connectivity index (χ3v) is 2.92. The van der Waals surface area contributed by atoms with Crippen molar-refractivity contribution in [3.63, 3.8) is 0 Å². The van der Waals surface area contributed by atoms with Crippen molar-refractivity contribution in [1.29, 1.82) is 0 Å². The number of ketones is 1. The van der Waals surface area contributed by atoms with Gasteiger partial charge in [-0.25, -0.2) is 0 Å². The minimum absolute atomic E-state index is 0.329. The van der Waals surface area contributed by atoms with Gasteiger partial charge in [0.1, 0.15) is 5.78 Å². The van der Waals surface area contributed by atoms with E-state index in [1.807, 2.05) is 0 Å². The standard InChI is InChI=1S/C11H21NO/c1-9(2)12-8-4-5-11(12)7-6-10(3)13/h9,11H,4-8H2,1-3H3/t11-/m1/s1. The molecule has 0 aliphatic carbocycles. The highest BCUT2D eigenvalue weighted by molar-refractivity contribution is 5.75. The van der Waals surface area contributed by atoms with E-state index in [0.29, 0.717) is 17.9 Å². The zero-order valence-electron chi connectivity index (χ0n) is 9.05. The molecule has 0 amide bonds. The number of nitrogens with zero attached hydrogens (tertiary/aromatic N) is 1. The van der Waals surface area contributed by atoms with Crippen molar-refractivity contribution in [2.75, 3.05) is 6.54 Å². The van der Waals surface area contributed by atoms with Gasteiger partial charge in [-0.1, -0.05) is 0 Å². The maximum atomic E-state index is 10.9. The van der Waals surface area contributed by atoms with Gasteiger partial charge in [0.25, 0.3) is 0 Å². The molecule has 0 aromatic rings. The summed E-state index contributed by atoms with van der Waals surface area (Å²) in [5.74, 6) is 0.329. The highest BCUT2D eigenvalue weighted by atomic mass is 16.1. The second kappa shape index (κ2) is 4.75. The largest absolute Gasteiger partial charge is 0.300 e. The van der Waals surface area contributed by atoms with Gasteiger partial charge in [0.2, 0.25) is 0 Å². The Kier molecular flexibility index (Phi) is 3.91. The van der Waals surface area contributed by atoms with Crippen molar-refractivity contribution in [2.24, 2.45) is 0 Å². The molecule has 0 radical (unpaired) electrons. The molecule has 1 aliphatic rings. The predicted octanol–water partition coefficient (Wildman–Crippen LogP) is 2.23. The maximum Gasteiger partial charge on any atom is 0.129 e. The van der Waals surface area contributed by atoms with Gasteiger partial charge in [-0.05, 0) is 46.6 Å². The Morgan fingerprint density at radius 1 is 1.54 bits per heavy atom. The average Bonchev–Trinajstić information content (AvgIpc) is 2.47. The van der Waals surface area contributed by atoms with Crippen molar-refractivity contribution in [2.45, 2.75) is 58.5 Å². The van der Waals surface area contributed by atoms with E-state index in [9.17, 15) is 4.79 Å². The van der Waals surface area contributed by atoms with Crippen LogP contribution in [0.3, 0.4) is 0 Å². The summed E-state index contributed by atoms with van der Waals surface area (Å²) in [5, 5.41) is 0. The first-order chi connectivity index (χ1) is 6.11. The minimum atomic E-state index is 0.329. The molecular formula is C11H21NO. The van der Waals surface area contributed by atoms with E-state index in [4.69, 9.17) is 0 Å². The molecule has 1 aliphatic heterocycles. The lowest BCUT2D eigenvalue weighted by atomic mass is 10.1. The molecule has 2 heteroatoms. The highest BCUT2D eigenvalue weighted by Gasteiger charge is 2.25. The summed E-state index contributed by atoms with van der Waals surface area (Å²) < 4.78 is 0. The Morgan fingerprint density at radius 2 is 2.23 bits per heavy atom. The lowest BCUT2D eigenvalue weighted by Gasteiger charge is -2.27. The summed E-state index contributed by atoms with van der Waals surface area (Å²) in [6, 6.07) is 1.31. The minimum Gasteiger partial charge on any atom is -0.300 e. The van der Waals surface area contributed by atoms with Crippen LogP contribution in [0.25, 0.3) is 0 Å². The molecule has 1 heterocycles. The predicted molar refractivity (Wildman–Crippen MR) is 54.8 cm³/mol. The van der Waals surface area contributed by atoms with Gasteiger partial charge in [0.15, 0.2) is 0 Å². The lowest BCUT2D eigenvalue weighted by molar-refractivity contribution is -0.117. The zero-order chi connectivity index (χ0) is 9.84. The highest BCUT2D eigenvalue weighted by Crippen LogP contribution is 2.23. The third-order valence-electron chi connectivity index (χ3n) is 2.92. The number of likely N-dealkylation sites (tertiary alicyclic amines) is 1. The Labute approximate surface area is 81.3 Å². The van der Waals surface area contributed by atoms with Crippen LogP contribution in [0.4, 0.5) is 0 Å². The van der Waals surface area contributed by atoms with Gasteiger partial charge >= 0.3 is 0 Å². The van der Waals surface area contributed by atoms with Gasteiger partial charge in [0, 0.05) is 18.5 Å². The van der Waals surface area contributed by atoms with E-state index in [-0.39, 0.29) is 0 Å². The number of Topliss-reactive ketones (excluding diaryl/α,β-unsaturated/α-hetero) is 1. The molecule has 76 valence electrons. The van der Waals surface area contributed by atoms with E-state index < -0.39 is 0 Å².